The van der Waals surface area contributed by atoms with Crippen molar-refractivity contribution in [2.24, 2.45) is 0 Å². The van der Waals surface area contributed by atoms with E-state index in [-0.39, 0.29) is 5.82 Å². The third-order valence-electron chi connectivity index (χ3n) is 7.52. The first-order valence-corrected chi connectivity index (χ1v) is 13.4. The van der Waals surface area contributed by atoms with Crippen LogP contribution in [0.25, 0.3) is 55.8 Å². The summed E-state index contributed by atoms with van der Waals surface area (Å²) in [7, 11) is 0. The lowest BCUT2D eigenvalue weighted by Crippen LogP contribution is -2.29. The summed E-state index contributed by atoms with van der Waals surface area (Å²) in [6.45, 7) is 5.12. The Bertz CT molecular complexity index is 1790. The molecule has 6 aromatic rings. The zero-order valence-corrected chi connectivity index (χ0v) is 21.7. The van der Waals surface area contributed by atoms with Gasteiger partial charge in [0.2, 0.25) is 0 Å². The fraction of sp³-hybridized carbons (Fsp3) is 0.226. The van der Waals surface area contributed by atoms with Gasteiger partial charge >= 0.3 is 0 Å². The number of hydrogen-bond donors (Lipinski definition) is 2. The maximum atomic E-state index is 14.2. The van der Waals surface area contributed by atoms with Crippen LogP contribution in [0.3, 0.4) is 0 Å². The van der Waals surface area contributed by atoms with Gasteiger partial charge in [0.05, 0.1) is 11.0 Å². The Hall–Kier alpha value is -4.43. The average Bonchev–Trinajstić information content (AvgIpc) is 3.57. The van der Waals surface area contributed by atoms with Gasteiger partial charge in [-0.05, 0) is 91.5 Å². The summed E-state index contributed by atoms with van der Waals surface area (Å²) >= 11 is 0. The van der Waals surface area contributed by atoms with Crippen LogP contribution in [0, 0.1) is 12.7 Å². The van der Waals surface area contributed by atoms with Crippen LogP contribution >= 0.6 is 0 Å². The quantitative estimate of drug-likeness (QED) is 0.267. The second-order valence-corrected chi connectivity index (χ2v) is 10.4. The molecule has 0 unspecified atom stereocenters. The summed E-state index contributed by atoms with van der Waals surface area (Å²) in [6, 6.07) is 15.4. The lowest BCUT2D eigenvalue weighted by molar-refractivity contribution is 0.220. The van der Waals surface area contributed by atoms with E-state index in [0.717, 1.165) is 63.9 Å². The Morgan fingerprint density at radius 1 is 0.923 bits per heavy atom. The van der Waals surface area contributed by atoms with Crippen molar-refractivity contribution in [1.82, 2.24) is 35.0 Å². The van der Waals surface area contributed by atoms with Crippen molar-refractivity contribution in [3.8, 4) is 33.8 Å². The summed E-state index contributed by atoms with van der Waals surface area (Å²) in [4.78, 5) is 19.7. The molecule has 1 fully saturated rings. The molecule has 39 heavy (non-hydrogen) atoms. The number of hydrogen-bond acceptors (Lipinski definition) is 5. The average molecular weight is 518 g/mol. The van der Waals surface area contributed by atoms with Crippen molar-refractivity contribution in [3.63, 3.8) is 0 Å². The Labute approximate surface area is 225 Å². The second kappa shape index (κ2) is 9.71. The van der Waals surface area contributed by atoms with E-state index in [0.29, 0.717) is 17.2 Å². The van der Waals surface area contributed by atoms with Crippen molar-refractivity contribution in [3.05, 3.63) is 84.1 Å². The zero-order chi connectivity index (χ0) is 26.3. The number of benzene rings is 2. The molecule has 5 heterocycles. The number of likely N-dealkylation sites (tertiary alicyclic amines) is 1. The number of halogens is 1. The number of aromatic nitrogens is 6. The number of pyridine rings is 2. The Morgan fingerprint density at radius 2 is 1.82 bits per heavy atom. The number of aromatic amines is 2. The third-order valence-corrected chi connectivity index (χ3v) is 7.52. The zero-order valence-electron chi connectivity index (χ0n) is 21.7. The summed E-state index contributed by atoms with van der Waals surface area (Å²) in [6.07, 6.45) is 9.46. The van der Waals surface area contributed by atoms with E-state index >= 15 is 0 Å². The van der Waals surface area contributed by atoms with Gasteiger partial charge in [0.1, 0.15) is 11.5 Å². The van der Waals surface area contributed by atoms with Gasteiger partial charge in [-0.3, -0.25) is 15.0 Å². The fourth-order valence-electron chi connectivity index (χ4n) is 5.64. The van der Waals surface area contributed by atoms with Crippen LogP contribution in [-0.2, 0) is 6.54 Å². The first kappa shape index (κ1) is 23.7. The smallest absolute Gasteiger partial charge is 0.178 e. The van der Waals surface area contributed by atoms with E-state index in [4.69, 9.17) is 4.98 Å². The van der Waals surface area contributed by atoms with Gasteiger partial charge in [0.25, 0.3) is 0 Å². The lowest BCUT2D eigenvalue weighted by Gasteiger charge is -2.26. The van der Waals surface area contributed by atoms with Crippen molar-refractivity contribution in [2.45, 2.75) is 32.7 Å². The maximum absolute atomic E-state index is 14.2. The van der Waals surface area contributed by atoms with Gasteiger partial charge in [0.15, 0.2) is 11.5 Å². The summed E-state index contributed by atoms with van der Waals surface area (Å²) in [5, 5.41) is 8.68. The summed E-state index contributed by atoms with van der Waals surface area (Å²) in [5.74, 6) is 0.341. The van der Waals surface area contributed by atoms with Crippen LogP contribution in [0.5, 0.6) is 0 Å². The van der Waals surface area contributed by atoms with E-state index in [1.807, 2.05) is 37.5 Å². The minimum absolute atomic E-state index is 0.269. The number of rotatable bonds is 5. The van der Waals surface area contributed by atoms with Crippen LogP contribution in [-0.4, -0.2) is 48.1 Å². The number of nitrogens with one attached hydrogen (secondary N) is 2. The van der Waals surface area contributed by atoms with Crippen LogP contribution in [0.1, 0.15) is 30.4 Å². The predicted molar refractivity (Wildman–Crippen MR) is 151 cm³/mol. The van der Waals surface area contributed by atoms with Crippen LogP contribution in [0.15, 0.2) is 67.1 Å². The molecule has 0 amide bonds. The largest absolute Gasteiger partial charge is 0.335 e. The molecule has 1 aliphatic rings. The maximum Gasteiger partial charge on any atom is 0.178 e. The molecular formula is C31H28FN7. The number of fused-ring (bicyclic) bond motifs is 2. The first-order chi connectivity index (χ1) is 19.1. The normalized spacial score (nSPS) is 14.4. The van der Waals surface area contributed by atoms with Crippen molar-refractivity contribution in [2.75, 3.05) is 13.1 Å². The van der Waals surface area contributed by atoms with E-state index < -0.39 is 0 Å². The first-order valence-electron chi connectivity index (χ1n) is 13.4. The molecule has 194 valence electrons. The molecule has 0 spiro atoms. The topological polar surface area (TPSA) is 86.4 Å². The summed E-state index contributed by atoms with van der Waals surface area (Å²) in [5.41, 5.74) is 8.80. The number of piperidine rings is 1. The summed E-state index contributed by atoms with van der Waals surface area (Å²) < 4.78 is 14.2. The minimum atomic E-state index is -0.269. The van der Waals surface area contributed by atoms with Crippen LogP contribution in [0.4, 0.5) is 4.39 Å². The molecular weight excluding hydrogens is 489 g/mol. The highest BCUT2D eigenvalue weighted by molar-refractivity contribution is 5.97. The van der Waals surface area contributed by atoms with Gasteiger partial charge < -0.3 is 4.98 Å². The SMILES string of the molecule is Cc1cc(F)cc(-c2ccnc3nc(-c4n[nH]c5ccc(-c6cncc(CN7CCCCC7)c6)cc45)[nH]c23)c1. The number of H-pyrrole nitrogens is 2. The van der Waals surface area contributed by atoms with E-state index in [1.165, 1.54) is 37.0 Å². The fourth-order valence-corrected chi connectivity index (χ4v) is 5.64. The van der Waals surface area contributed by atoms with Gasteiger partial charge in [-0.15, -0.1) is 0 Å². The molecule has 7 rings (SSSR count). The van der Waals surface area contributed by atoms with E-state index in [9.17, 15) is 4.39 Å². The molecule has 2 N–H and O–H groups in total. The van der Waals surface area contributed by atoms with Crippen molar-refractivity contribution in [1.29, 1.82) is 0 Å². The molecule has 4 aromatic heterocycles. The van der Waals surface area contributed by atoms with Gasteiger partial charge in [-0.2, -0.15) is 5.10 Å². The minimum Gasteiger partial charge on any atom is -0.335 e. The van der Waals surface area contributed by atoms with Gasteiger partial charge in [-0.25, -0.2) is 14.4 Å². The highest BCUT2D eigenvalue weighted by atomic mass is 19.1. The number of aryl methyl sites for hydroxylation is 1. The van der Waals surface area contributed by atoms with Gasteiger partial charge in [-0.1, -0.05) is 18.6 Å². The number of nitrogens with zero attached hydrogens (tertiary/aromatic N) is 5. The lowest BCUT2D eigenvalue weighted by atomic mass is 10.0. The molecule has 2 aromatic carbocycles. The highest BCUT2D eigenvalue weighted by Gasteiger charge is 2.17. The van der Waals surface area contributed by atoms with E-state index in [2.05, 4.69) is 48.2 Å². The van der Waals surface area contributed by atoms with Crippen molar-refractivity contribution >= 4 is 22.1 Å². The Kier molecular flexibility index (Phi) is 5.89. The van der Waals surface area contributed by atoms with Gasteiger partial charge in [0, 0.05) is 41.6 Å². The van der Waals surface area contributed by atoms with Crippen LogP contribution < -0.4 is 0 Å². The highest BCUT2D eigenvalue weighted by Crippen LogP contribution is 2.33. The molecule has 7 nitrogen and oxygen atoms in total. The van der Waals surface area contributed by atoms with Crippen molar-refractivity contribution < 1.29 is 4.39 Å². The monoisotopic (exact) mass is 517 g/mol. The Balaban J connectivity index is 1.26. The molecule has 8 heteroatoms. The van der Waals surface area contributed by atoms with Crippen LogP contribution in [0.2, 0.25) is 0 Å². The second-order valence-electron chi connectivity index (χ2n) is 10.4. The molecule has 0 atom stereocenters. The molecule has 1 aliphatic heterocycles. The molecule has 1 saturated heterocycles. The third kappa shape index (κ3) is 4.57. The molecule has 0 saturated carbocycles. The van der Waals surface area contributed by atoms with E-state index in [1.54, 1.807) is 6.20 Å². The molecule has 0 bridgehead atoms. The number of imidazole rings is 1. The predicted octanol–water partition coefficient (Wildman–Crippen LogP) is 6.66. The standard InChI is InChI=1S/C31H28FN7/c1-19-11-22(14-24(32)12-19)25-7-8-34-30-28(25)35-31(36-30)29-26-15-21(5-6-27(26)37-38-29)23-13-20(16-33-17-23)18-39-9-3-2-4-10-39/h5-8,11-17H,2-4,9-10,18H2,1H3,(H,37,38)(H,34,35,36). The molecule has 0 aliphatic carbocycles. The Morgan fingerprint density at radius 3 is 2.69 bits per heavy atom. The molecule has 0 radical (unpaired) electrons.